The van der Waals surface area contributed by atoms with E-state index in [4.69, 9.17) is 21.1 Å². The van der Waals surface area contributed by atoms with Gasteiger partial charge >= 0.3 is 5.97 Å². The minimum Gasteiger partial charge on any atom is -0.493 e. The maximum Gasteiger partial charge on any atom is 0.305 e. The zero-order chi connectivity index (χ0) is 31.3. The third-order valence-electron chi connectivity index (χ3n) is 8.49. The molecule has 7 nitrogen and oxygen atoms in total. The number of aliphatic carboxylic acids is 1. The molecule has 3 aliphatic rings. The second-order valence-electron chi connectivity index (χ2n) is 13.2. The van der Waals surface area contributed by atoms with Crippen LogP contribution in [-0.2, 0) is 21.0 Å². The molecule has 5 rings (SSSR count). The molecule has 2 aliphatic carbocycles. The molecule has 43 heavy (non-hydrogen) atoms. The molecule has 0 amide bonds. The van der Waals surface area contributed by atoms with Crippen molar-refractivity contribution in [2.45, 2.75) is 72.3 Å². The molecular weight excluding hydrogens is 634 g/mol. The summed E-state index contributed by atoms with van der Waals surface area (Å²) in [6, 6.07) is 11.2. The van der Waals surface area contributed by atoms with Crippen LogP contribution >= 0.6 is 27.5 Å². The van der Waals surface area contributed by atoms with Gasteiger partial charge in [0.05, 0.1) is 18.0 Å². The second-order valence-corrected chi connectivity index (χ2v) is 14.5. The maximum atomic E-state index is 14.0. The lowest BCUT2D eigenvalue weighted by Crippen LogP contribution is -2.45. The fourth-order valence-corrected chi connectivity index (χ4v) is 7.43. The van der Waals surface area contributed by atoms with Crippen molar-refractivity contribution in [3.63, 3.8) is 0 Å². The Morgan fingerprint density at radius 2 is 1.58 bits per heavy atom. The molecule has 0 radical (unpaired) electrons. The third-order valence-corrected chi connectivity index (χ3v) is 9.44. The number of ether oxygens (including phenoxy) is 2. The first kappa shape index (κ1) is 31.3. The zero-order valence-electron chi connectivity index (χ0n) is 25.2. The van der Waals surface area contributed by atoms with Crippen molar-refractivity contribution in [2.24, 2.45) is 10.8 Å². The quantitative estimate of drug-likeness (QED) is 0.306. The van der Waals surface area contributed by atoms with Gasteiger partial charge < -0.3 is 19.5 Å². The Kier molecular flexibility index (Phi) is 8.58. The lowest BCUT2D eigenvalue weighted by Gasteiger charge is -2.49. The summed E-state index contributed by atoms with van der Waals surface area (Å²) in [5.41, 5.74) is 3.77. The van der Waals surface area contributed by atoms with Gasteiger partial charge in [-0.2, -0.15) is 0 Å². The van der Waals surface area contributed by atoms with Crippen LogP contribution in [-0.4, -0.2) is 41.2 Å². The van der Waals surface area contributed by atoms with E-state index in [0.717, 1.165) is 22.5 Å². The molecule has 1 aliphatic heterocycles. The van der Waals surface area contributed by atoms with E-state index in [1.165, 1.54) is 0 Å². The van der Waals surface area contributed by atoms with E-state index < -0.39 is 11.9 Å². The first-order valence-electron chi connectivity index (χ1n) is 14.5. The molecule has 0 aromatic heterocycles. The molecule has 0 saturated heterocycles. The Balaban J connectivity index is 1.67. The summed E-state index contributed by atoms with van der Waals surface area (Å²) in [4.78, 5) is 41.7. The van der Waals surface area contributed by atoms with Gasteiger partial charge in [0.2, 0.25) is 0 Å². The minimum atomic E-state index is -0.921. The van der Waals surface area contributed by atoms with Gasteiger partial charge in [0.15, 0.2) is 23.1 Å². The van der Waals surface area contributed by atoms with Crippen molar-refractivity contribution < 1.29 is 29.0 Å². The first-order valence-corrected chi connectivity index (χ1v) is 15.6. The average molecular weight is 671 g/mol. The molecule has 0 unspecified atom stereocenters. The number of carboxylic acids is 1. The SMILES string of the molecule is COc1cc(C2C3=C(CC(C)(C)CC3=O)N(CCC(=O)O)C3=C2C(=O)CC(C)(C)C3)cc(Br)c1OCc1ccccc1Cl. The number of halogens is 2. The van der Waals surface area contributed by atoms with Crippen molar-refractivity contribution in [3.8, 4) is 11.5 Å². The number of methoxy groups -OCH3 is 1. The topological polar surface area (TPSA) is 93.1 Å². The largest absolute Gasteiger partial charge is 0.493 e. The monoisotopic (exact) mass is 669 g/mol. The highest BCUT2D eigenvalue weighted by atomic mass is 79.9. The van der Waals surface area contributed by atoms with Crippen molar-refractivity contribution in [2.75, 3.05) is 13.7 Å². The summed E-state index contributed by atoms with van der Waals surface area (Å²) in [5, 5.41) is 10.2. The van der Waals surface area contributed by atoms with Gasteiger partial charge in [0.25, 0.3) is 0 Å². The number of hydrogen-bond acceptors (Lipinski definition) is 6. The van der Waals surface area contributed by atoms with Gasteiger partial charge in [0.1, 0.15) is 6.61 Å². The summed E-state index contributed by atoms with van der Waals surface area (Å²) >= 11 is 10.0. The Morgan fingerprint density at radius 3 is 2.12 bits per heavy atom. The molecule has 228 valence electrons. The van der Waals surface area contributed by atoms with Crippen LogP contribution in [0.3, 0.4) is 0 Å². The normalized spacial score (nSPS) is 19.7. The van der Waals surface area contributed by atoms with Crippen LogP contribution in [0, 0.1) is 10.8 Å². The van der Waals surface area contributed by atoms with Gasteiger partial charge in [-0.15, -0.1) is 0 Å². The van der Waals surface area contributed by atoms with E-state index in [1.54, 1.807) is 13.2 Å². The van der Waals surface area contributed by atoms with Crippen LogP contribution in [0.2, 0.25) is 5.02 Å². The predicted octanol–water partition coefficient (Wildman–Crippen LogP) is 7.85. The van der Waals surface area contributed by atoms with Crippen LogP contribution < -0.4 is 9.47 Å². The van der Waals surface area contributed by atoms with E-state index in [9.17, 15) is 19.5 Å². The number of Topliss-reactive ketones (excluding diaryl/α,β-unsaturated/α-hetero) is 2. The lowest BCUT2D eigenvalue weighted by molar-refractivity contribution is -0.137. The first-order chi connectivity index (χ1) is 20.2. The van der Waals surface area contributed by atoms with Crippen LogP contribution in [0.5, 0.6) is 11.5 Å². The number of hydrogen-bond donors (Lipinski definition) is 1. The summed E-state index contributed by atoms with van der Waals surface area (Å²) < 4.78 is 12.6. The number of carbonyl (C=O) groups is 3. The van der Waals surface area contributed by atoms with Crippen LogP contribution in [0.1, 0.15) is 76.8 Å². The number of benzene rings is 2. The molecule has 2 aromatic rings. The summed E-state index contributed by atoms with van der Waals surface area (Å²) in [7, 11) is 1.56. The molecule has 2 aromatic carbocycles. The third kappa shape index (κ3) is 6.27. The van der Waals surface area contributed by atoms with Crippen LogP contribution in [0.25, 0.3) is 0 Å². The molecule has 0 atom stereocenters. The van der Waals surface area contributed by atoms with Gasteiger partial charge in [-0.3, -0.25) is 14.4 Å². The number of carbonyl (C=O) groups excluding carboxylic acids is 2. The average Bonchev–Trinajstić information content (AvgIpc) is 2.89. The molecule has 0 fully saturated rings. The van der Waals surface area contributed by atoms with E-state index in [2.05, 4.69) is 43.6 Å². The molecule has 0 bridgehead atoms. The standard InChI is InChI=1S/C34H37BrClNO6/c1-33(2)14-23-30(25(38)16-33)29(31-24(37(23)11-10-28(40)41)15-34(3,4)17-26(31)39)20-12-21(35)32(27(13-20)42-5)43-18-19-8-6-7-9-22(19)36/h6-9,12-13,29H,10-11,14-18H2,1-5H3,(H,40,41). The summed E-state index contributed by atoms with van der Waals surface area (Å²) in [5.74, 6) is -0.608. The highest BCUT2D eigenvalue weighted by molar-refractivity contribution is 9.10. The number of nitrogens with zero attached hydrogens (tertiary/aromatic N) is 1. The fraction of sp³-hybridized carbons (Fsp3) is 0.441. The number of ketones is 2. The van der Waals surface area contributed by atoms with E-state index >= 15 is 0 Å². The van der Waals surface area contributed by atoms with Gasteiger partial charge in [0, 0.05) is 58.4 Å². The molecule has 1 N–H and O–H groups in total. The molecule has 1 heterocycles. The minimum absolute atomic E-state index is 0.0186. The van der Waals surface area contributed by atoms with E-state index in [1.807, 2.05) is 35.2 Å². The van der Waals surface area contributed by atoms with Crippen LogP contribution in [0.4, 0.5) is 0 Å². The number of rotatable bonds is 8. The Labute approximate surface area is 266 Å². The van der Waals surface area contributed by atoms with Crippen molar-refractivity contribution in [1.82, 2.24) is 4.90 Å². The molecule has 9 heteroatoms. The molecule has 0 saturated carbocycles. The van der Waals surface area contributed by atoms with Gasteiger partial charge in [-0.1, -0.05) is 57.5 Å². The zero-order valence-corrected chi connectivity index (χ0v) is 27.5. The predicted molar refractivity (Wildman–Crippen MR) is 168 cm³/mol. The van der Waals surface area contributed by atoms with Crippen molar-refractivity contribution >= 4 is 45.1 Å². The number of carboxylic acid groups (broad SMARTS) is 1. The van der Waals surface area contributed by atoms with E-state index in [0.29, 0.717) is 57.8 Å². The summed E-state index contributed by atoms with van der Waals surface area (Å²) in [6.07, 6.45) is 1.79. The lowest BCUT2D eigenvalue weighted by atomic mass is 9.63. The van der Waals surface area contributed by atoms with Crippen molar-refractivity contribution in [1.29, 1.82) is 0 Å². The van der Waals surface area contributed by atoms with E-state index in [-0.39, 0.29) is 42.0 Å². The fourth-order valence-electron chi connectivity index (χ4n) is 6.67. The van der Waals surface area contributed by atoms with Gasteiger partial charge in [-0.25, -0.2) is 0 Å². The summed E-state index contributed by atoms with van der Waals surface area (Å²) in [6.45, 7) is 8.66. The Hall–Kier alpha value is -3.10. The molecule has 0 spiro atoms. The second kappa shape index (κ2) is 11.8. The van der Waals surface area contributed by atoms with Crippen LogP contribution in [0.15, 0.2) is 63.4 Å². The highest BCUT2D eigenvalue weighted by Gasteiger charge is 2.49. The highest BCUT2D eigenvalue weighted by Crippen LogP contribution is 2.55. The smallest absolute Gasteiger partial charge is 0.305 e. The Bertz CT molecular complexity index is 1520. The van der Waals surface area contributed by atoms with Gasteiger partial charge in [-0.05, 0) is 63.4 Å². The van der Waals surface area contributed by atoms with Crippen molar-refractivity contribution in [3.05, 3.63) is 79.6 Å². The maximum absolute atomic E-state index is 14.0. The Morgan fingerprint density at radius 1 is 1.00 bits per heavy atom. The number of allylic oxidation sites excluding steroid dienone is 4. The molecular formula is C34H37BrClNO6.